The van der Waals surface area contributed by atoms with E-state index in [1.165, 1.54) is 19.3 Å². The predicted octanol–water partition coefficient (Wildman–Crippen LogP) is 7.93. The quantitative estimate of drug-likeness (QED) is 0.198. The molecule has 5 nitrogen and oxygen atoms in total. The largest absolute Gasteiger partial charge is 0.489 e. The molecule has 0 saturated heterocycles. The molecule has 0 saturated carbocycles. The third-order valence-electron chi connectivity index (χ3n) is 7.57. The van der Waals surface area contributed by atoms with Gasteiger partial charge < -0.3 is 9.47 Å². The average Bonchev–Trinajstić information content (AvgIpc) is 2.77. The number of hydrogen-bond donors (Lipinski definition) is 1. The van der Waals surface area contributed by atoms with Crippen LogP contribution in [-0.2, 0) is 16.5 Å². The van der Waals surface area contributed by atoms with Gasteiger partial charge in [-0.2, -0.15) is 8.42 Å². The normalized spacial score (nSPS) is 19.8. The minimum absolute atomic E-state index is 0.342. The minimum atomic E-state index is -4.12. The van der Waals surface area contributed by atoms with Crippen molar-refractivity contribution < 1.29 is 22.4 Å². The molecule has 0 spiro atoms. The molecular formula is C30H50O5S. The number of hydrogen-bond acceptors (Lipinski definition) is 4. The summed E-state index contributed by atoms with van der Waals surface area (Å²) in [5, 5.41) is 0. The third kappa shape index (κ3) is 9.09. The Kier molecular flexibility index (Phi) is 11.4. The van der Waals surface area contributed by atoms with Crippen LogP contribution in [0.1, 0.15) is 108 Å². The Hall–Kier alpha value is -1.53. The van der Waals surface area contributed by atoms with Gasteiger partial charge in [-0.15, -0.1) is 0 Å². The van der Waals surface area contributed by atoms with E-state index in [0.717, 1.165) is 71.8 Å². The Labute approximate surface area is 220 Å². The summed E-state index contributed by atoms with van der Waals surface area (Å²) < 4.78 is 45.5. The number of rotatable bonds is 14. The van der Waals surface area contributed by atoms with Crippen molar-refractivity contribution in [2.75, 3.05) is 5.75 Å². The molecule has 3 atom stereocenters. The van der Waals surface area contributed by atoms with Crippen molar-refractivity contribution in [1.82, 2.24) is 0 Å². The molecule has 0 aliphatic carbocycles. The van der Waals surface area contributed by atoms with Crippen LogP contribution in [-0.4, -0.2) is 30.4 Å². The minimum Gasteiger partial charge on any atom is -0.489 e. The third-order valence-corrected chi connectivity index (χ3v) is 8.36. The lowest BCUT2D eigenvalue weighted by atomic mass is 9.86. The monoisotopic (exact) mass is 522 g/mol. The smallest absolute Gasteiger partial charge is 0.268 e. The van der Waals surface area contributed by atoms with E-state index in [1.54, 1.807) is 0 Å². The fourth-order valence-corrected chi connectivity index (χ4v) is 5.80. The second kappa shape index (κ2) is 13.3. The van der Waals surface area contributed by atoms with Crippen LogP contribution in [0, 0.1) is 32.6 Å². The van der Waals surface area contributed by atoms with Crippen molar-refractivity contribution in [3.63, 3.8) is 0 Å². The van der Waals surface area contributed by atoms with Gasteiger partial charge in [0.15, 0.2) is 0 Å². The van der Waals surface area contributed by atoms with E-state index in [2.05, 4.69) is 53.7 Å². The van der Waals surface area contributed by atoms with Crippen molar-refractivity contribution in [3.05, 3.63) is 34.4 Å². The van der Waals surface area contributed by atoms with E-state index in [-0.39, 0.29) is 5.60 Å². The Morgan fingerprint density at radius 1 is 1.06 bits per heavy atom. The maximum Gasteiger partial charge on any atom is 0.268 e. The van der Waals surface area contributed by atoms with Gasteiger partial charge in [0.1, 0.15) is 29.0 Å². The zero-order valence-electron chi connectivity index (χ0n) is 23.9. The van der Waals surface area contributed by atoms with Crippen molar-refractivity contribution in [1.29, 1.82) is 0 Å². The van der Waals surface area contributed by atoms with Gasteiger partial charge in [0.05, 0.1) is 0 Å². The van der Waals surface area contributed by atoms with Gasteiger partial charge in [-0.1, -0.05) is 65.9 Å². The molecule has 206 valence electrons. The van der Waals surface area contributed by atoms with E-state index in [1.807, 2.05) is 13.8 Å². The summed E-state index contributed by atoms with van der Waals surface area (Å²) in [5.74, 6) is 2.72. The molecule has 0 radical (unpaired) electrons. The summed E-state index contributed by atoms with van der Waals surface area (Å²) in [6.45, 7) is 17.2. The number of allylic oxidation sites excluding steroid dienone is 1. The van der Waals surface area contributed by atoms with Crippen molar-refractivity contribution in [3.8, 4) is 11.5 Å². The zero-order chi connectivity index (χ0) is 27.1. The molecular weight excluding hydrogens is 472 g/mol. The number of ether oxygens (including phenoxy) is 2. The van der Waals surface area contributed by atoms with Gasteiger partial charge in [0, 0.05) is 5.56 Å². The second-order valence-electron chi connectivity index (χ2n) is 11.6. The number of benzene rings is 1. The van der Waals surface area contributed by atoms with Gasteiger partial charge in [-0.25, -0.2) is 0 Å². The Morgan fingerprint density at radius 3 is 2.36 bits per heavy atom. The van der Waals surface area contributed by atoms with Crippen molar-refractivity contribution in [2.24, 2.45) is 11.8 Å². The maximum absolute atomic E-state index is 11.6. The Morgan fingerprint density at radius 2 is 1.75 bits per heavy atom. The molecule has 1 N–H and O–H groups in total. The lowest BCUT2D eigenvalue weighted by molar-refractivity contribution is 0.111. The molecule has 0 amide bonds. The summed E-state index contributed by atoms with van der Waals surface area (Å²) >= 11 is 0. The van der Waals surface area contributed by atoms with Gasteiger partial charge in [0.2, 0.25) is 0 Å². The van der Waals surface area contributed by atoms with E-state index in [4.69, 9.17) is 9.47 Å². The molecule has 1 aromatic rings. The first kappa shape index (κ1) is 30.7. The highest BCUT2D eigenvalue weighted by Gasteiger charge is 2.33. The van der Waals surface area contributed by atoms with Crippen LogP contribution in [0.25, 0.3) is 0 Å². The fraction of sp³-hybridized carbons (Fsp3) is 0.733. The van der Waals surface area contributed by atoms with Crippen LogP contribution < -0.4 is 9.47 Å². The molecule has 0 bridgehead atoms. The molecule has 6 heteroatoms. The Bertz CT molecular complexity index is 995. The summed E-state index contributed by atoms with van der Waals surface area (Å²) in [4.78, 5) is 0. The van der Waals surface area contributed by atoms with E-state index in [0.29, 0.717) is 12.3 Å². The SMILES string of the molecule is CCCCC(CS(=O)(=O)O)Oc1c(C)c(C)c2c(c1C)CCC(C)(C=CCC(C)CCCC(C)C)O2. The molecule has 1 aromatic carbocycles. The van der Waals surface area contributed by atoms with Crippen LogP contribution in [0.2, 0.25) is 0 Å². The molecule has 3 unspecified atom stereocenters. The van der Waals surface area contributed by atoms with Crippen molar-refractivity contribution >= 4 is 10.1 Å². The van der Waals surface area contributed by atoms with Gasteiger partial charge in [-0.3, -0.25) is 4.55 Å². The summed E-state index contributed by atoms with van der Waals surface area (Å²) in [6.07, 6.45) is 13.0. The maximum atomic E-state index is 11.6. The van der Waals surface area contributed by atoms with Gasteiger partial charge in [0.25, 0.3) is 10.1 Å². The highest BCUT2D eigenvalue weighted by molar-refractivity contribution is 7.85. The van der Waals surface area contributed by atoms with Gasteiger partial charge in [-0.05, 0) is 88.0 Å². The van der Waals surface area contributed by atoms with E-state index in [9.17, 15) is 13.0 Å². The molecule has 1 aliphatic rings. The second-order valence-corrected chi connectivity index (χ2v) is 13.1. The lowest BCUT2D eigenvalue weighted by Gasteiger charge is -2.37. The van der Waals surface area contributed by atoms with Crippen LogP contribution in [0.15, 0.2) is 12.2 Å². The Balaban J connectivity index is 2.19. The number of fused-ring (bicyclic) bond motifs is 1. The molecule has 1 heterocycles. The van der Waals surface area contributed by atoms with Gasteiger partial charge >= 0.3 is 0 Å². The first-order valence-corrected chi connectivity index (χ1v) is 15.5. The molecule has 36 heavy (non-hydrogen) atoms. The van der Waals surface area contributed by atoms with Crippen molar-refractivity contribution in [2.45, 2.75) is 125 Å². The van der Waals surface area contributed by atoms with Crippen LogP contribution in [0.3, 0.4) is 0 Å². The summed E-state index contributed by atoms with van der Waals surface area (Å²) in [6, 6.07) is 0. The molecule has 0 aromatic heterocycles. The first-order chi connectivity index (χ1) is 16.8. The van der Waals surface area contributed by atoms with E-state index < -0.39 is 22.0 Å². The summed E-state index contributed by atoms with van der Waals surface area (Å²) in [7, 11) is -4.12. The standard InChI is InChI=1S/C30H50O5S/c1-9-10-16-26(20-36(31,32)33)34-28-23(5)24(6)29-27(25(28)7)17-19-30(8,35-29)18-12-15-22(4)14-11-13-21(2)3/h12,18,21-22,26H,9-11,13-17,19-20H2,1-8H3,(H,31,32,33). The summed E-state index contributed by atoms with van der Waals surface area (Å²) in [5.41, 5.74) is 3.81. The highest BCUT2D eigenvalue weighted by atomic mass is 32.2. The fourth-order valence-electron chi connectivity index (χ4n) is 5.10. The molecule has 0 fully saturated rings. The molecule has 2 rings (SSSR count). The lowest BCUT2D eigenvalue weighted by Crippen LogP contribution is -2.35. The van der Waals surface area contributed by atoms with Crippen LogP contribution >= 0.6 is 0 Å². The van der Waals surface area contributed by atoms with Crippen LogP contribution in [0.5, 0.6) is 11.5 Å². The van der Waals surface area contributed by atoms with Crippen LogP contribution in [0.4, 0.5) is 0 Å². The molecule has 1 aliphatic heterocycles. The number of unbranched alkanes of at least 4 members (excludes halogenated alkanes) is 1. The highest BCUT2D eigenvalue weighted by Crippen LogP contribution is 2.44. The topological polar surface area (TPSA) is 72.8 Å². The zero-order valence-corrected chi connectivity index (χ0v) is 24.8. The first-order valence-electron chi connectivity index (χ1n) is 13.9. The predicted molar refractivity (Wildman–Crippen MR) is 150 cm³/mol. The van der Waals surface area contributed by atoms with E-state index >= 15 is 0 Å². The average molecular weight is 523 g/mol.